The second-order valence-corrected chi connectivity index (χ2v) is 5.58. The number of aromatic nitrogens is 1. The Kier molecular flexibility index (Phi) is 4.24. The van der Waals surface area contributed by atoms with Gasteiger partial charge in [-0.1, -0.05) is 19.1 Å². The minimum atomic E-state index is -4.93. The molecule has 1 amide bonds. The number of amides is 1. The van der Waals surface area contributed by atoms with Crippen LogP contribution >= 0.6 is 0 Å². The average Bonchev–Trinajstić information content (AvgIpc) is 3.02. The summed E-state index contributed by atoms with van der Waals surface area (Å²) in [5, 5.41) is 0. The number of rotatable bonds is 3. The number of halogens is 3. The van der Waals surface area contributed by atoms with Crippen LogP contribution in [0.25, 0.3) is 22.6 Å². The van der Waals surface area contributed by atoms with Crippen LogP contribution in [0.4, 0.5) is 18.9 Å². The molecule has 3 aromatic rings. The maximum absolute atomic E-state index is 12.6. The van der Waals surface area contributed by atoms with Crippen molar-refractivity contribution >= 4 is 22.7 Å². The van der Waals surface area contributed by atoms with Crippen LogP contribution in [-0.4, -0.2) is 24.1 Å². The number of anilines is 1. The Balaban J connectivity index is 1.95. The monoisotopic (exact) mass is 348 g/mol. The molecule has 0 aliphatic heterocycles. The fourth-order valence-corrected chi connectivity index (χ4v) is 2.44. The van der Waals surface area contributed by atoms with Crippen molar-refractivity contribution in [2.75, 3.05) is 11.9 Å². The van der Waals surface area contributed by atoms with Crippen molar-refractivity contribution < 1.29 is 22.4 Å². The van der Waals surface area contributed by atoms with Crippen molar-refractivity contribution in [2.45, 2.75) is 19.5 Å². The number of carbonyl (C=O) groups is 1. The van der Waals surface area contributed by atoms with Crippen LogP contribution in [0.5, 0.6) is 0 Å². The lowest BCUT2D eigenvalue weighted by atomic mass is 10.1. The number of fused-ring (bicyclic) bond motifs is 1. The largest absolute Gasteiger partial charge is 0.471 e. The number of nitrogens with zero attached hydrogens (tertiary/aromatic N) is 2. The van der Waals surface area contributed by atoms with Crippen LogP contribution in [-0.2, 0) is 11.2 Å². The van der Waals surface area contributed by atoms with Gasteiger partial charge in [-0.3, -0.25) is 4.79 Å². The predicted octanol–water partition coefficient (Wildman–Crippen LogP) is 4.58. The van der Waals surface area contributed by atoms with Crippen molar-refractivity contribution in [3.8, 4) is 11.5 Å². The summed E-state index contributed by atoms with van der Waals surface area (Å²) in [6.07, 6.45) is -4.02. The molecule has 0 N–H and O–H groups in total. The quantitative estimate of drug-likeness (QED) is 0.696. The maximum atomic E-state index is 12.6. The molecule has 7 heteroatoms. The number of carbonyl (C=O) groups excluding carboxylic acids is 1. The molecule has 2 aromatic carbocycles. The van der Waals surface area contributed by atoms with Crippen LogP contribution in [0.3, 0.4) is 0 Å². The third-order valence-corrected chi connectivity index (χ3v) is 3.92. The van der Waals surface area contributed by atoms with Crippen molar-refractivity contribution in [2.24, 2.45) is 0 Å². The first-order valence-corrected chi connectivity index (χ1v) is 7.64. The van der Waals surface area contributed by atoms with Gasteiger partial charge in [0.25, 0.3) is 0 Å². The fraction of sp³-hybridized carbons (Fsp3) is 0.222. The summed E-state index contributed by atoms with van der Waals surface area (Å²) in [5.74, 6) is -1.57. The van der Waals surface area contributed by atoms with E-state index < -0.39 is 12.1 Å². The molecule has 0 saturated heterocycles. The van der Waals surface area contributed by atoms with Gasteiger partial charge in [-0.2, -0.15) is 13.2 Å². The molecule has 1 aromatic heterocycles. The zero-order valence-electron chi connectivity index (χ0n) is 13.6. The van der Waals surface area contributed by atoms with Gasteiger partial charge in [-0.15, -0.1) is 0 Å². The molecule has 0 unspecified atom stereocenters. The van der Waals surface area contributed by atoms with Crippen molar-refractivity contribution in [3.05, 3.63) is 48.0 Å². The molecular formula is C18H15F3N2O2. The summed E-state index contributed by atoms with van der Waals surface area (Å²) >= 11 is 0. The first-order valence-electron chi connectivity index (χ1n) is 7.64. The van der Waals surface area contributed by atoms with Gasteiger partial charge < -0.3 is 9.32 Å². The van der Waals surface area contributed by atoms with Gasteiger partial charge in [0.2, 0.25) is 5.89 Å². The Bertz CT molecular complexity index is 914. The van der Waals surface area contributed by atoms with E-state index in [4.69, 9.17) is 4.42 Å². The molecule has 25 heavy (non-hydrogen) atoms. The minimum Gasteiger partial charge on any atom is -0.436 e. The zero-order valence-corrected chi connectivity index (χ0v) is 13.6. The van der Waals surface area contributed by atoms with Crippen LogP contribution in [0.2, 0.25) is 0 Å². The molecule has 0 radical (unpaired) electrons. The van der Waals surface area contributed by atoms with E-state index in [0.717, 1.165) is 19.0 Å². The summed E-state index contributed by atoms with van der Waals surface area (Å²) < 4.78 is 43.3. The van der Waals surface area contributed by atoms with E-state index in [0.29, 0.717) is 21.9 Å². The Morgan fingerprint density at radius 3 is 2.44 bits per heavy atom. The Morgan fingerprint density at radius 2 is 1.84 bits per heavy atom. The van der Waals surface area contributed by atoms with Crippen molar-refractivity contribution in [1.82, 2.24) is 4.98 Å². The highest BCUT2D eigenvalue weighted by Crippen LogP contribution is 2.29. The molecule has 1 heterocycles. The Hall–Kier alpha value is -2.83. The first-order chi connectivity index (χ1) is 11.8. The summed E-state index contributed by atoms with van der Waals surface area (Å²) in [4.78, 5) is 16.2. The summed E-state index contributed by atoms with van der Waals surface area (Å²) in [6, 6.07) is 12.0. The summed E-state index contributed by atoms with van der Waals surface area (Å²) in [7, 11) is 1.07. The zero-order chi connectivity index (χ0) is 18.2. The number of aryl methyl sites for hydroxylation is 1. The first kappa shape index (κ1) is 17.0. The number of benzene rings is 2. The second kappa shape index (κ2) is 6.23. The van der Waals surface area contributed by atoms with Gasteiger partial charge in [0.05, 0.1) is 0 Å². The van der Waals surface area contributed by atoms with Gasteiger partial charge in [-0.25, -0.2) is 4.98 Å². The van der Waals surface area contributed by atoms with E-state index in [2.05, 4.69) is 11.9 Å². The normalized spacial score (nSPS) is 11.7. The van der Waals surface area contributed by atoms with Crippen molar-refractivity contribution in [1.29, 1.82) is 0 Å². The topological polar surface area (TPSA) is 46.3 Å². The highest BCUT2D eigenvalue weighted by atomic mass is 19.4. The molecule has 130 valence electrons. The number of hydrogen-bond acceptors (Lipinski definition) is 3. The number of oxazole rings is 1. The molecule has 0 spiro atoms. The van der Waals surface area contributed by atoms with Crippen LogP contribution in [0.15, 0.2) is 46.9 Å². The average molecular weight is 348 g/mol. The third-order valence-electron chi connectivity index (χ3n) is 3.92. The van der Waals surface area contributed by atoms with E-state index in [1.165, 1.54) is 23.8 Å². The molecular weight excluding hydrogens is 333 g/mol. The molecule has 0 bridgehead atoms. The number of alkyl halides is 3. The van der Waals surface area contributed by atoms with E-state index >= 15 is 0 Å². The highest BCUT2D eigenvalue weighted by molar-refractivity contribution is 5.98. The molecule has 0 aliphatic rings. The van der Waals surface area contributed by atoms with Crippen LogP contribution in [0, 0.1) is 0 Å². The van der Waals surface area contributed by atoms with Gasteiger partial charge in [0, 0.05) is 24.4 Å². The van der Waals surface area contributed by atoms with Gasteiger partial charge in [0.1, 0.15) is 5.52 Å². The Morgan fingerprint density at radius 1 is 1.16 bits per heavy atom. The Labute approximate surface area is 141 Å². The maximum Gasteiger partial charge on any atom is 0.471 e. The van der Waals surface area contributed by atoms with Gasteiger partial charge in [0.15, 0.2) is 5.58 Å². The van der Waals surface area contributed by atoms with E-state index in [-0.39, 0.29) is 5.69 Å². The van der Waals surface area contributed by atoms with Crippen molar-refractivity contribution in [3.63, 3.8) is 0 Å². The van der Waals surface area contributed by atoms with Crippen LogP contribution < -0.4 is 4.90 Å². The predicted molar refractivity (Wildman–Crippen MR) is 88.3 cm³/mol. The molecule has 3 rings (SSSR count). The van der Waals surface area contributed by atoms with Gasteiger partial charge >= 0.3 is 12.1 Å². The summed E-state index contributed by atoms with van der Waals surface area (Å²) in [6.45, 7) is 2.05. The molecule has 0 atom stereocenters. The fourth-order valence-electron chi connectivity index (χ4n) is 2.44. The smallest absolute Gasteiger partial charge is 0.436 e. The lowest BCUT2D eigenvalue weighted by molar-refractivity contribution is -0.170. The molecule has 0 aliphatic carbocycles. The lowest BCUT2D eigenvalue weighted by Gasteiger charge is -2.18. The van der Waals surface area contributed by atoms with Crippen LogP contribution in [0.1, 0.15) is 12.5 Å². The lowest BCUT2D eigenvalue weighted by Crippen LogP contribution is -2.38. The standard InChI is InChI=1S/C18H15F3N2O2/c1-3-11-4-6-12(7-5-11)16-22-14-9-8-13(10-15(14)25-16)23(2)17(24)18(19,20)21/h4-10H,3H2,1-2H3. The van der Waals surface area contributed by atoms with Gasteiger partial charge in [-0.05, 0) is 36.2 Å². The SMILES string of the molecule is CCc1ccc(-c2nc3ccc(N(C)C(=O)C(F)(F)F)cc3o2)cc1. The number of hydrogen-bond donors (Lipinski definition) is 0. The summed E-state index contributed by atoms with van der Waals surface area (Å²) in [5.41, 5.74) is 2.85. The molecule has 4 nitrogen and oxygen atoms in total. The molecule has 0 fully saturated rings. The van der Waals surface area contributed by atoms with E-state index in [9.17, 15) is 18.0 Å². The highest BCUT2D eigenvalue weighted by Gasteiger charge is 2.41. The third kappa shape index (κ3) is 3.35. The minimum absolute atomic E-state index is 0.0823. The second-order valence-electron chi connectivity index (χ2n) is 5.58. The van der Waals surface area contributed by atoms with E-state index in [1.807, 2.05) is 24.3 Å². The molecule has 0 saturated carbocycles. The van der Waals surface area contributed by atoms with E-state index in [1.54, 1.807) is 0 Å².